The normalized spacial score (nSPS) is 13.1. The van der Waals surface area contributed by atoms with E-state index in [-0.39, 0.29) is 0 Å². The molecule has 0 heterocycles. The molecule has 0 spiro atoms. The van der Waals surface area contributed by atoms with Gasteiger partial charge in [0.05, 0.1) is 8.95 Å². The maximum Gasteiger partial charge on any atom is 0.322 e. The number of carboxylic acid groups (broad SMARTS) is 1. The summed E-state index contributed by atoms with van der Waals surface area (Å²) in [6, 6.07) is 8.91. The monoisotopic (exact) mass is 544 g/mol. The molecule has 3 rings (SSSR count). The van der Waals surface area contributed by atoms with E-state index in [1.807, 2.05) is 18.2 Å². The van der Waals surface area contributed by atoms with Gasteiger partial charge in [0.1, 0.15) is 18.9 Å². The Kier molecular flexibility index (Phi) is 7.43. The van der Waals surface area contributed by atoms with Crippen LogP contribution in [0.5, 0.6) is 5.75 Å². The third kappa shape index (κ3) is 6.62. The summed E-state index contributed by atoms with van der Waals surface area (Å²) in [7, 11) is 0. The molecule has 3 N–H and O–H groups in total. The van der Waals surface area contributed by atoms with Gasteiger partial charge in [-0.1, -0.05) is 11.6 Å². The topological polar surface area (TPSA) is 87.7 Å². The SMILES string of the molecule is O=C(O)CNC(=O)c1cc(Br)c(OCc2cc(Cl)cc(NCC3CC3)c2)c(Br)c1. The second-order valence-electron chi connectivity index (χ2n) is 6.81. The number of ether oxygens (including phenoxy) is 1. The molecule has 6 nitrogen and oxygen atoms in total. The van der Waals surface area contributed by atoms with E-state index in [9.17, 15) is 9.59 Å². The number of benzene rings is 2. The quantitative estimate of drug-likeness (QED) is 0.408. The van der Waals surface area contributed by atoms with E-state index in [2.05, 4.69) is 42.5 Å². The number of halogens is 3. The Balaban J connectivity index is 1.67. The van der Waals surface area contributed by atoms with Crippen molar-refractivity contribution in [3.63, 3.8) is 0 Å². The van der Waals surface area contributed by atoms with E-state index in [0.29, 0.717) is 31.9 Å². The summed E-state index contributed by atoms with van der Waals surface area (Å²) in [5.41, 5.74) is 2.19. The van der Waals surface area contributed by atoms with Crippen LogP contribution in [0.15, 0.2) is 39.3 Å². The van der Waals surface area contributed by atoms with E-state index in [0.717, 1.165) is 23.7 Å². The lowest BCUT2D eigenvalue weighted by Gasteiger charge is -2.14. The van der Waals surface area contributed by atoms with Gasteiger partial charge in [-0.2, -0.15) is 0 Å². The predicted molar refractivity (Wildman–Crippen MR) is 119 cm³/mol. The standard InChI is InChI=1S/C20H19Br2ClN2O4/c21-16-5-13(20(28)25-9-18(26)27)6-17(22)19(16)29-10-12-3-14(23)7-15(4-12)24-8-11-1-2-11/h3-7,11,24H,1-2,8-10H2,(H,25,28)(H,26,27). The molecule has 0 aromatic heterocycles. The number of nitrogens with one attached hydrogen (secondary N) is 2. The number of anilines is 1. The van der Waals surface area contributed by atoms with E-state index in [4.69, 9.17) is 21.4 Å². The van der Waals surface area contributed by atoms with Gasteiger partial charge >= 0.3 is 5.97 Å². The first-order valence-corrected chi connectivity index (χ1v) is 10.9. The highest BCUT2D eigenvalue weighted by Gasteiger charge is 2.20. The summed E-state index contributed by atoms with van der Waals surface area (Å²) < 4.78 is 7.07. The third-order valence-corrected chi connectivity index (χ3v) is 5.69. The van der Waals surface area contributed by atoms with E-state index >= 15 is 0 Å². The zero-order valence-electron chi connectivity index (χ0n) is 15.3. The number of aliphatic carboxylic acids is 1. The van der Waals surface area contributed by atoms with Gasteiger partial charge in [0.15, 0.2) is 0 Å². The maximum atomic E-state index is 12.1. The lowest BCUT2D eigenvalue weighted by Crippen LogP contribution is -2.29. The minimum Gasteiger partial charge on any atom is -0.487 e. The zero-order chi connectivity index (χ0) is 21.0. The Labute approximate surface area is 190 Å². The van der Waals surface area contributed by atoms with Crippen LogP contribution in [-0.2, 0) is 11.4 Å². The van der Waals surface area contributed by atoms with Crippen LogP contribution in [0.1, 0.15) is 28.8 Å². The Morgan fingerprint density at radius 1 is 1.14 bits per heavy atom. The first-order valence-electron chi connectivity index (χ1n) is 8.97. The molecular weight excluding hydrogens is 527 g/mol. The van der Waals surface area contributed by atoms with E-state index in [1.54, 1.807) is 12.1 Å². The molecule has 1 amide bonds. The summed E-state index contributed by atoms with van der Waals surface area (Å²) in [6.07, 6.45) is 2.55. The van der Waals surface area contributed by atoms with Gasteiger partial charge in [0, 0.05) is 22.8 Å². The fraction of sp³-hybridized carbons (Fsp3) is 0.300. The second-order valence-corrected chi connectivity index (χ2v) is 8.95. The van der Waals surface area contributed by atoms with Crippen molar-refractivity contribution in [2.75, 3.05) is 18.4 Å². The smallest absolute Gasteiger partial charge is 0.322 e. The van der Waals surface area contributed by atoms with Crippen molar-refractivity contribution in [3.8, 4) is 5.75 Å². The van der Waals surface area contributed by atoms with Gasteiger partial charge in [-0.05, 0) is 86.5 Å². The number of rotatable bonds is 9. The van der Waals surface area contributed by atoms with Crippen LogP contribution in [-0.4, -0.2) is 30.1 Å². The van der Waals surface area contributed by atoms with Crippen molar-refractivity contribution < 1.29 is 19.4 Å². The number of carbonyl (C=O) groups excluding carboxylic acids is 1. The van der Waals surface area contributed by atoms with Gasteiger partial charge in [0.2, 0.25) is 0 Å². The number of hydrogen-bond donors (Lipinski definition) is 3. The average Bonchev–Trinajstić information content (AvgIpc) is 3.47. The first kappa shape index (κ1) is 21.9. The van der Waals surface area contributed by atoms with Crippen molar-refractivity contribution in [1.82, 2.24) is 5.32 Å². The Hall–Kier alpha value is -1.77. The van der Waals surface area contributed by atoms with Crippen molar-refractivity contribution in [2.45, 2.75) is 19.4 Å². The van der Waals surface area contributed by atoms with Gasteiger partial charge in [0.25, 0.3) is 5.91 Å². The summed E-state index contributed by atoms with van der Waals surface area (Å²) in [5, 5.41) is 15.0. The number of carbonyl (C=O) groups is 2. The molecule has 2 aromatic carbocycles. The van der Waals surface area contributed by atoms with Crippen LogP contribution in [0, 0.1) is 5.92 Å². The minimum atomic E-state index is -1.11. The molecule has 1 aliphatic carbocycles. The largest absolute Gasteiger partial charge is 0.487 e. The van der Waals surface area contributed by atoms with Crippen LogP contribution in [0.25, 0.3) is 0 Å². The molecule has 0 bridgehead atoms. The van der Waals surface area contributed by atoms with Gasteiger partial charge < -0.3 is 20.5 Å². The lowest BCUT2D eigenvalue weighted by atomic mass is 10.2. The molecule has 9 heteroatoms. The fourth-order valence-electron chi connectivity index (χ4n) is 2.66. The number of hydrogen-bond acceptors (Lipinski definition) is 4. The molecule has 0 unspecified atom stereocenters. The summed E-state index contributed by atoms with van der Waals surface area (Å²) in [4.78, 5) is 22.7. The molecule has 0 atom stereocenters. The highest BCUT2D eigenvalue weighted by Crippen LogP contribution is 2.36. The fourth-order valence-corrected chi connectivity index (χ4v) is 4.34. The molecule has 154 valence electrons. The Bertz CT molecular complexity index is 912. The Morgan fingerprint density at radius 2 is 1.83 bits per heavy atom. The van der Waals surface area contributed by atoms with Crippen LogP contribution in [0.2, 0.25) is 5.02 Å². The molecule has 29 heavy (non-hydrogen) atoms. The van der Waals surface area contributed by atoms with Crippen LogP contribution in [0.3, 0.4) is 0 Å². The zero-order valence-corrected chi connectivity index (χ0v) is 19.2. The van der Waals surface area contributed by atoms with E-state index in [1.165, 1.54) is 12.8 Å². The van der Waals surface area contributed by atoms with Crippen LogP contribution in [0.4, 0.5) is 5.69 Å². The van der Waals surface area contributed by atoms with Crippen molar-refractivity contribution in [2.24, 2.45) is 5.92 Å². The molecule has 1 aliphatic rings. The van der Waals surface area contributed by atoms with Crippen molar-refractivity contribution in [1.29, 1.82) is 0 Å². The van der Waals surface area contributed by atoms with Gasteiger partial charge in [-0.15, -0.1) is 0 Å². The summed E-state index contributed by atoms with van der Waals surface area (Å²) in [6.45, 7) is 0.793. The van der Waals surface area contributed by atoms with Crippen LogP contribution >= 0.6 is 43.5 Å². The summed E-state index contributed by atoms with van der Waals surface area (Å²) in [5.74, 6) is -0.301. The molecule has 1 saturated carbocycles. The molecule has 0 radical (unpaired) electrons. The predicted octanol–water partition coefficient (Wildman–Crippen LogP) is 5.08. The van der Waals surface area contributed by atoms with Crippen molar-refractivity contribution in [3.05, 3.63) is 55.4 Å². The second kappa shape index (κ2) is 9.82. The molecular formula is C20H19Br2ClN2O4. The highest BCUT2D eigenvalue weighted by atomic mass is 79.9. The highest BCUT2D eigenvalue weighted by molar-refractivity contribution is 9.11. The molecule has 0 saturated heterocycles. The van der Waals surface area contributed by atoms with E-state index < -0.39 is 18.4 Å². The molecule has 1 fully saturated rings. The molecule has 2 aromatic rings. The average molecular weight is 547 g/mol. The molecule has 0 aliphatic heterocycles. The van der Waals surface area contributed by atoms with Gasteiger partial charge in [-0.3, -0.25) is 9.59 Å². The summed E-state index contributed by atoms with van der Waals surface area (Å²) >= 11 is 13.0. The number of carboxylic acids is 1. The Morgan fingerprint density at radius 3 is 2.45 bits per heavy atom. The minimum absolute atomic E-state index is 0.292. The lowest BCUT2D eigenvalue weighted by molar-refractivity contribution is -0.135. The first-order chi connectivity index (χ1) is 13.8. The number of amides is 1. The van der Waals surface area contributed by atoms with Crippen molar-refractivity contribution >= 4 is 61.0 Å². The van der Waals surface area contributed by atoms with Crippen LogP contribution < -0.4 is 15.4 Å². The van der Waals surface area contributed by atoms with Gasteiger partial charge in [-0.25, -0.2) is 0 Å². The third-order valence-electron chi connectivity index (χ3n) is 4.29. The maximum absolute atomic E-state index is 12.1.